The first-order valence-corrected chi connectivity index (χ1v) is 5.52. The van der Waals surface area contributed by atoms with Crippen LogP contribution in [0.25, 0.3) is 0 Å². The van der Waals surface area contributed by atoms with Crippen LogP contribution in [0.5, 0.6) is 5.75 Å². The summed E-state index contributed by atoms with van der Waals surface area (Å²) in [6, 6.07) is 5.85. The molecule has 0 bridgehead atoms. The Morgan fingerprint density at radius 3 is 2.86 bits per heavy atom. The average Bonchev–Trinajstić information content (AvgIpc) is 2.17. The fourth-order valence-corrected chi connectivity index (χ4v) is 1.55. The molecule has 75 valence electrons. The van der Waals surface area contributed by atoms with Crippen molar-refractivity contribution >= 4 is 15.9 Å². The largest absolute Gasteiger partial charge is 0.494 e. The average molecular weight is 254 g/mol. The quantitative estimate of drug-likeness (QED) is 0.722. The van der Waals surface area contributed by atoms with E-state index in [-0.39, 0.29) is 0 Å². The maximum Gasteiger partial charge on any atom is 0.121 e. The molecule has 0 amide bonds. The van der Waals surface area contributed by atoms with Crippen molar-refractivity contribution in [3.05, 3.63) is 40.9 Å². The Balaban J connectivity index is 2.66. The zero-order chi connectivity index (χ0) is 10.4. The monoisotopic (exact) mass is 253 g/mol. The highest BCUT2D eigenvalue weighted by atomic mass is 79.9. The maximum absolute atomic E-state index is 5.57. The van der Waals surface area contributed by atoms with Gasteiger partial charge in [0.1, 0.15) is 5.75 Å². The van der Waals surface area contributed by atoms with E-state index in [9.17, 15) is 0 Å². The van der Waals surface area contributed by atoms with E-state index in [1.165, 1.54) is 0 Å². The number of hydrogen-bond acceptors (Lipinski definition) is 1. The standard InChI is InChI=1S/C12H14BrO/c1-3-5-6-14-12-8-10(4-2)7-11(13)9-12/h7-9H,2-3,5-6H2,1H3. The number of rotatable bonds is 5. The molecule has 0 spiro atoms. The molecule has 0 fully saturated rings. The smallest absolute Gasteiger partial charge is 0.121 e. The molecule has 0 aliphatic heterocycles. The summed E-state index contributed by atoms with van der Waals surface area (Å²) in [6.07, 6.45) is 5.07. The highest BCUT2D eigenvalue weighted by Crippen LogP contribution is 2.21. The summed E-state index contributed by atoms with van der Waals surface area (Å²) in [5.74, 6) is 0.874. The van der Waals surface area contributed by atoms with Crippen LogP contribution in [0, 0.1) is 6.08 Å². The van der Waals surface area contributed by atoms with Gasteiger partial charge < -0.3 is 4.74 Å². The van der Waals surface area contributed by atoms with E-state index in [2.05, 4.69) is 35.5 Å². The van der Waals surface area contributed by atoms with Gasteiger partial charge in [0.15, 0.2) is 0 Å². The summed E-state index contributed by atoms with van der Waals surface area (Å²) in [6.45, 7) is 6.52. The molecule has 0 atom stereocenters. The van der Waals surface area contributed by atoms with E-state index in [4.69, 9.17) is 4.74 Å². The Kier molecular flexibility index (Phi) is 4.74. The molecule has 1 aromatic rings. The van der Waals surface area contributed by atoms with Crippen LogP contribution in [-0.4, -0.2) is 6.61 Å². The molecule has 14 heavy (non-hydrogen) atoms. The van der Waals surface area contributed by atoms with Gasteiger partial charge in [0.05, 0.1) is 6.61 Å². The van der Waals surface area contributed by atoms with Gasteiger partial charge in [-0.3, -0.25) is 0 Å². The summed E-state index contributed by atoms with van der Waals surface area (Å²) >= 11 is 3.41. The molecular weight excluding hydrogens is 240 g/mol. The van der Waals surface area contributed by atoms with Crippen LogP contribution in [0.15, 0.2) is 29.3 Å². The lowest BCUT2D eigenvalue weighted by atomic mass is 10.2. The van der Waals surface area contributed by atoms with Crippen molar-refractivity contribution in [2.24, 2.45) is 0 Å². The van der Waals surface area contributed by atoms with Crippen LogP contribution in [-0.2, 0) is 0 Å². The molecule has 0 aliphatic rings. The van der Waals surface area contributed by atoms with Crippen molar-refractivity contribution < 1.29 is 4.74 Å². The van der Waals surface area contributed by atoms with Gasteiger partial charge in [0, 0.05) is 4.47 Å². The summed E-state index contributed by atoms with van der Waals surface area (Å²) in [5, 5.41) is 0. The molecule has 0 unspecified atom stereocenters. The van der Waals surface area contributed by atoms with Gasteiger partial charge in [-0.25, -0.2) is 0 Å². The third-order valence-corrected chi connectivity index (χ3v) is 2.30. The van der Waals surface area contributed by atoms with Crippen LogP contribution in [0.1, 0.15) is 25.3 Å². The van der Waals surface area contributed by atoms with E-state index in [0.29, 0.717) is 0 Å². The lowest BCUT2D eigenvalue weighted by Crippen LogP contribution is -1.96. The van der Waals surface area contributed by atoms with Crippen LogP contribution < -0.4 is 4.74 Å². The fraction of sp³-hybridized carbons (Fsp3) is 0.333. The van der Waals surface area contributed by atoms with Crippen molar-refractivity contribution in [2.75, 3.05) is 6.61 Å². The van der Waals surface area contributed by atoms with Crippen LogP contribution in [0.2, 0.25) is 0 Å². The lowest BCUT2D eigenvalue weighted by Gasteiger charge is -2.06. The predicted octanol–water partition coefficient (Wildman–Crippen LogP) is 3.97. The minimum atomic E-state index is 0.767. The third-order valence-electron chi connectivity index (χ3n) is 1.84. The highest BCUT2D eigenvalue weighted by molar-refractivity contribution is 9.10. The molecule has 0 saturated heterocycles. The Labute approximate surface area is 93.9 Å². The van der Waals surface area contributed by atoms with E-state index < -0.39 is 0 Å². The SMILES string of the molecule is C=[C]c1cc(Br)cc(OCCCC)c1. The van der Waals surface area contributed by atoms with Gasteiger partial charge in [0.2, 0.25) is 0 Å². The molecule has 0 aliphatic carbocycles. The van der Waals surface area contributed by atoms with Crippen LogP contribution in [0.4, 0.5) is 0 Å². The first-order chi connectivity index (χ1) is 6.76. The van der Waals surface area contributed by atoms with E-state index >= 15 is 0 Å². The number of unbranched alkanes of at least 4 members (excludes halogenated alkanes) is 1. The molecule has 2 heteroatoms. The van der Waals surface area contributed by atoms with Gasteiger partial charge in [-0.1, -0.05) is 35.9 Å². The second-order valence-electron chi connectivity index (χ2n) is 3.05. The number of benzene rings is 1. The van der Waals surface area contributed by atoms with E-state index in [1.54, 1.807) is 0 Å². The molecule has 1 radical (unpaired) electrons. The van der Waals surface area contributed by atoms with E-state index in [0.717, 1.165) is 35.2 Å². The predicted molar refractivity (Wildman–Crippen MR) is 62.5 cm³/mol. The molecule has 0 heterocycles. The number of hydrogen-bond donors (Lipinski definition) is 0. The van der Waals surface area contributed by atoms with Gasteiger partial charge in [-0.2, -0.15) is 0 Å². The van der Waals surface area contributed by atoms with Crippen molar-refractivity contribution in [3.63, 3.8) is 0 Å². The molecule has 1 rings (SSSR count). The highest BCUT2D eigenvalue weighted by Gasteiger charge is 1.98. The summed E-state index contributed by atoms with van der Waals surface area (Å²) < 4.78 is 6.57. The third kappa shape index (κ3) is 3.54. The number of halogens is 1. The maximum atomic E-state index is 5.57. The minimum Gasteiger partial charge on any atom is -0.494 e. The summed E-state index contributed by atoms with van der Waals surface area (Å²) in [4.78, 5) is 0. The first-order valence-electron chi connectivity index (χ1n) is 4.72. The second kappa shape index (κ2) is 5.86. The van der Waals surface area contributed by atoms with Crippen molar-refractivity contribution in [1.29, 1.82) is 0 Å². The Morgan fingerprint density at radius 1 is 1.43 bits per heavy atom. The van der Waals surface area contributed by atoms with Crippen molar-refractivity contribution in [2.45, 2.75) is 19.8 Å². The van der Waals surface area contributed by atoms with Crippen LogP contribution >= 0.6 is 15.9 Å². The molecule has 1 nitrogen and oxygen atoms in total. The van der Waals surface area contributed by atoms with Gasteiger partial charge in [0.25, 0.3) is 0 Å². The lowest BCUT2D eigenvalue weighted by molar-refractivity contribution is 0.309. The molecule has 1 aromatic carbocycles. The molecule has 0 saturated carbocycles. The molecular formula is C12H14BrO. The number of ether oxygens (including phenoxy) is 1. The Morgan fingerprint density at radius 2 is 2.21 bits per heavy atom. The van der Waals surface area contributed by atoms with Gasteiger partial charge >= 0.3 is 0 Å². The van der Waals surface area contributed by atoms with Crippen molar-refractivity contribution in [1.82, 2.24) is 0 Å². The van der Waals surface area contributed by atoms with Gasteiger partial charge in [-0.15, -0.1) is 0 Å². The zero-order valence-corrected chi connectivity index (χ0v) is 9.93. The van der Waals surface area contributed by atoms with E-state index in [1.807, 2.05) is 18.2 Å². The minimum absolute atomic E-state index is 0.767. The van der Waals surface area contributed by atoms with Crippen molar-refractivity contribution in [3.8, 4) is 5.75 Å². The Hall–Kier alpha value is -0.760. The molecule has 0 aromatic heterocycles. The molecule has 0 N–H and O–H groups in total. The van der Waals surface area contributed by atoms with Crippen LogP contribution in [0.3, 0.4) is 0 Å². The summed E-state index contributed by atoms with van der Waals surface area (Å²) in [5.41, 5.74) is 0.950. The Bertz CT molecular complexity index is 307. The first kappa shape index (κ1) is 11.3. The summed E-state index contributed by atoms with van der Waals surface area (Å²) in [7, 11) is 0. The normalized spacial score (nSPS) is 9.86. The van der Waals surface area contributed by atoms with Gasteiger partial charge in [-0.05, 0) is 36.3 Å². The zero-order valence-electron chi connectivity index (χ0n) is 8.35. The second-order valence-corrected chi connectivity index (χ2v) is 3.97. The fourth-order valence-electron chi connectivity index (χ4n) is 1.08. The topological polar surface area (TPSA) is 9.23 Å².